The SMILES string of the molecule is CC(=O)Oc1ccccc1C(=O)O.CCCCc1nc(Cl)c(CO)n1Cc1ccc(-c2ccccc2-c2nnn[n-]2)cc1.CC[C@H](C)C(=O)O[C@H]1C[C@H](O)C=C2C=C[C@H](C)[C@H](CC[C@@H](O)C[C@@H](O)CC(=O)[O-])[C@H]21.[K+].[Na+]. The van der Waals surface area contributed by atoms with Gasteiger partial charge in [0.1, 0.15) is 23.2 Å². The number of aliphatic carboxylic acids is 1. The van der Waals surface area contributed by atoms with E-state index < -0.39 is 48.7 Å². The number of carbonyl (C=O) groups is 4. The third-order valence-corrected chi connectivity index (χ3v) is 13.2. The molecule has 2 aliphatic rings. The summed E-state index contributed by atoms with van der Waals surface area (Å²) in [4.78, 5) is 48.7. The molecule has 0 saturated heterocycles. The van der Waals surface area contributed by atoms with E-state index in [1.807, 2.05) is 54.8 Å². The molecule has 0 unspecified atom stereocenters. The Hall–Kier alpha value is -3.93. The maximum atomic E-state index is 12.4. The molecule has 392 valence electrons. The number of halogens is 1. The molecule has 2 aromatic heterocycles. The van der Waals surface area contributed by atoms with Crippen LogP contribution in [-0.2, 0) is 38.7 Å². The number of hydrogen-bond acceptors (Lipinski definition) is 15. The minimum atomic E-state index is -1.35. The van der Waals surface area contributed by atoms with Gasteiger partial charge >= 0.3 is 98.8 Å². The molecule has 2 heterocycles. The molecule has 0 aliphatic heterocycles. The van der Waals surface area contributed by atoms with Crippen molar-refractivity contribution in [2.24, 2.45) is 23.7 Å². The predicted molar refractivity (Wildman–Crippen MR) is 268 cm³/mol. The fourth-order valence-corrected chi connectivity index (χ4v) is 9.18. The summed E-state index contributed by atoms with van der Waals surface area (Å²) in [6.07, 6.45) is 7.25. The van der Waals surface area contributed by atoms with Crippen LogP contribution < -0.4 is 95.9 Å². The van der Waals surface area contributed by atoms with E-state index in [0.717, 1.165) is 52.9 Å². The van der Waals surface area contributed by atoms with Gasteiger partial charge < -0.3 is 54.6 Å². The second kappa shape index (κ2) is 32.7. The van der Waals surface area contributed by atoms with Gasteiger partial charge in [-0.05, 0) is 83.9 Å². The van der Waals surface area contributed by atoms with E-state index in [-0.39, 0.29) is 135 Å². The molecular formula is C54H65ClKN6NaO12. The third kappa shape index (κ3) is 19.5. The molecule has 5 aromatic rings. The van der Waals surface area contributed by atoms with Crippen LogP contribution in [0.5, 0.6) is 5.75 Å². The molecule has 0 spiro atoms. The van der Waals surface area contributed by atoms with Crippen LogP contribution in [-0.4, -0.2) is 98.9 Å². The van der Waals surface area contributed by atoms with Gasteiger partial charge in [0.15, 0.2) is 5.15 Å². The number of fused-ring (bicyclic) bond motifs is 1. The van der Waals surface area contributed by atoms with E-state index in [4.69, 9.17) is 21.4 Å². The number of aromatic carboxylic acids is 1. The Balaban J connectivity index is 0.000000314. The number of benzene rings is 3. The summed E-state index contributed by atoms with van der Waals surface area (Å²) < 4.78 is 12.5. The van der Waals surface area contributed by atoms with Gasteiger partial charge in [-0.1, -0.05) is 125 Å². The summed E-state index contributed by atoms with van der Waals surface area (Å²) in [5.41, 5.74) is 5.65. The molecule has 0 radical (unpaired) electrons. The second-order valence-corrected chi connectivity index (χ2v) is 18.7. The number of rotatable bonds is 20. The molecule has 5 N–H and O–H groups in total. The third-order valence-electron chi connectivity index (χ3n) is 12.9. The zero-order valence-electron chi connectivity index (χ0n) is 43.7. The number of ether oxygens (including phenoxy) is 2. The van der Waals surface area contributed by atoms with E-state index in [2.05, 4.69) is 74.5 Å². The summed E-state index contributed by atoms with van der Waals surface area (Å²) in [7, 11) is 0. The van der Waals surface area contributed by atoms with E-state index in [9.17, 15) is 44.7 Å². The minimum Gasteiger partial charge on any atom is -0.550 e. The summed E-state index contributed by atoms with van der Waals surface area (Å²) in [6.45, 7) is 9.67. The first-order chi connectivity index (χ1) is 34.9. The number of aliphatic hydroxyl groups excluding tert-OH is 4. The Kier molecular flexibility index (Phi) is 28.5. The van der Waals surface area contributed by atoms with Crippen LogP contribution in [0.1, 0.15) is 113 Å². The van der Waals surface area contributed by atoms with Gasteiger partial charge in [0.05, 0.1) is 36.5 Å². The minimum absolute atomic E-state index is 0. The van der Waals surface area contributed by atoms with E-state index >= 15 is 0 Å². The van der Waals surface area contributed by atoms with Gasteiger partial charge in [0.2, 0.25) is 0 Å². The van der Waals surface area contributed by atoms with Crippen molar-refractivity contribution in [3.05, 3.63) is 124 Å². The zero-order valence-corrected chi connectivity index (χ0v) is 49.6. The average molecular weight is 1090 g/mol. The fourth-order valence-electron chi connectivity index (χ4n) is 8.92. The first-order valence-corrected chi connectivity index (χ1v) is 24.9. The molecule has 75 heavy (non-hydrogen) atoms. The second-order valence-electron chi connectivity index (χ2n) is 18.3. The van der Waals surface area contributed by atoms with Crippen molar-refractivity contribution in [1.82, 2.24) is 30.2 Å². The Labute approximate surface area is 507 Å². The molecule has 8 atom stereocenters. The van der Waals surface area contributed by atoms with Crippen molar-refractivity contribution in [1.29, 1.82) is 0 Å². The van der Waals surface area contributed by atoms with Crippen molar-refractivity contribution in [3.63, 3.8) is 0 Å². The average Bonchev–Trinajstić information content (AvgIpc) is 4.00. The van der Waals surface area contributed by atoms with Crippen molar-refractivity contribution in [2.75, 3.05) is 0 Å². The number of tetrazole rings is 1. The maximum absolute atomic E-state index is 12.4. The number of unbranched alkanes of at least 4 members (excludes halogenated alkanes) is 1. The van der Waals surface area contributed by atoms with Gasteiger partial charge in [0.25, 0.3) is 0 Å². The molecule has 0 bridgehead atoms. The first kappa shape index (κ1) is 65.4. The molecule has 0 fully saturated rings. The number of carbonyl (C=O) groups excluding carboxylic acids is 3. The Morgan fingerprint density at radius 3 is 2.28 bits per heavy atom. The van der Waals surface area contributed by atoms with Crippen LogP contribution in [0.25, 0.3) is 22.5 Å². The Morgan fingerprint density at radius 1 is 0.987 bits per heavy atom. The van der Waals surface area contributed by atoms with Crippen LogP contribution in [0.15, 0.2) is 96.6 Å². The molecule has 21 heteroatoms. The number of allylic oxidation sites excluding steroid dienone is 2. The molecule has 7 rings (SSSR count). The van der Waals surface area contributed by atoms with Crippen LogP contribution >= 0.6 is 11.6 Å². The largest absolute Gasteiger partial charge is 1.00 e. The van der Waals surface area contributed by atoms with Crippen molar-refractivity contribution < 1.29 is 140 Å². The number of nitrogens with zero attached hydrogens (tertiary/aromatic N) is 6. The molecule has 2 aliphatic carbocycles. The fraction of sp³-hybridized carbons (Fsp3) is 0.444. The molecule has 0 amide bonds. The summed E-state index contributed by atoms with van der Waals surface area (Å²) in [6, 6.07) is 22.2. The quantitative estimate of drug-likeness (QED) is 0.0399. The molecule has 18 nitrogen and oxygen atoms in total. The van der Waals surface area contributed by atoms with Gasteiger partial charge in [-0.15, -0.1) is 0 Å². The zero-order chi connectivity index (χ0) is 53.2. The summed E-state index contributed by atoms with van der Waals surface area (Å²) in [5.74, 6) is -1.76. The monoisotopic (exact) mass is 1090 g/mol. The first-order valence-electron chi connectivity index (χ1n) is 24.5. The van der Waals surface area contributed by atoms with Crippen molar-refractivity contribution in [3.8, 4) is 28.3 Å². The van der Waals surface area contributed by atoms with E-state index in [1.165, 1.54) is 19.1 Å². The number of aromatic nitrogens is 6. The molecule has 3 aromatic carbocycles. The smallest absolute Gasteiger partial charge is 0.550 e. The van der Waals surface area contributed by atoms with Crippen molar-refractivity contribution in [2.45, 2.75) is 130 Å². The van der Waals surface area contributed by atoms with Crippen LogP contribution in [0, 0.1) is 23.7 Å². The summed E-state index contributed by atoms with van der Waals surface area (Å²) >= 11 is 6.25. The van der Waals surface area contributed by atoms with Gasteiger partial charge in [-0.3, -0.25) is 19.9 Å². The van der Waals surface area contributed by atoms with Crippen LogP contribution in [0.4, 0.5) is 0 Å². The van der Waals surface area contributed by atoms with Gasteiger partial charge in [-0.25, -0.2) is 9.78 Å². The number of esters is 2. The predicted octanol–water partition coefficient (Wildman–Crippen LogP) is 0.320. The normalized spacial score (nSPS) is 18.6. The number of carboxylic acid groups (broad SMARTS) is 2. The number of hydrogen-bond donors (Lipinski definition) is 5. The number of aliphatic hydroxyl groups is 4. The van der Waals surface area contributed by atoms with Crippen molar-refractivity contribution >= 4 is 35.5 Å². The van der Waals surface area contributed by atoms with Crippen LogP contribution in [0.3, 0.4) is 0 Å². The molecular weight excluding hydrogens is 1020 g/mol. The number of carboxylic acids is 2. The maximum Gasteiger partial charge on any atom is 1.00 e. The Morgan fingerprint density at radius 2 is 1.67 bits per heavy atom. The van der Waals surface area contributed by atoms with E-state index in [1.54, 1.807) is 12.1 Å². The Bertz CT molecular complexity index is 2670. The van der Waals surface area contributed by atoms with Gasteiger partial charge in [-0.2, -0.15) is 5.21 Å². The number of para-hydroxylation sites is 1. The van der Waals surface area contributed by atoms with Crippen LogP contribution in [0.2, 0.25) is 5.15 Å². The van der Waals surface area contributed by atoms with E-state index in [0.29, 0.717) is 48.9 Å². The number of imidazole rings is 1. The standard InChI is InChI=1S/C23H36O7.C22H22ClN6O.C9H8O4.K.Na/c1-4-13(2)23(29)30-20-11-17(25)9-15-6-5-14(3)19(22(15)20)8-7-16(24)10-18(26)12-21(27)28;1-2-3-8-20-24-21(23)19(14-30)29(20)13-15-9-11-16(12-10-15)17-6-4-5-7-18(17)22-25-27-28-26-22;1-6(10)13-8-5-3-2-4-7(8)9(11)12;;/h5-6,9,13-14,16-20,22,24-26H,4,7-8,10-12H2,1-3H3,(H,27,28);4-7,9-12,30H,2-3,8,13-14H2,1H3;2-5H,1H3,(H,11,12);;/q;-1;;2*+1/p-1/t13-,14-,16+,17+,18+,19-,20-,22-;;;;/m0..../s1. The van der Waals surface area contributed by atoms with Gasteiger partial charge in [0, 0.05) is 50.4 Å². The molecule has 0 saturated carbocycles. The summed E-state index contributed by atoms with van der Waals surface area (Å²) in [5, 5.41) is 74.8. The number of aryl methyl sites for hydroxylation is 1. The topological polar surface area (TPSA) is 282 Å².